The molecule has 74 valence electrons. The first-order chi connectivity index (χ1) is 5.80. The summed E-state index contributed by atoms with van der Waals surface area (Å²) < 4.78 is -2.59. The molecular weight excluding hydrogens is 252 g/mol. The van der Waals surface area contributed by atoms with E-state index in [9.17, 15) is 25.0 Å². The van der Waals surface area contributed by atoms with Gasteiger partial charge in [0.2, 0.25) is 0 Å². The Balaban J connectivity index is 4.52. The maximum absolute atomic E-state index is 10.2. The molecule has 0 heterocycles. The maximum Gasteiger partial charge on any atom is 0.511 e. The van der Waals surface area contributed by atoms with Crippen LogP contribution in [0.4, 0.5) is 0 Å². The average Bonchev–Trinajstić information content (AvgIpc) is 1.99. The van der Waals surface area contributed by atoms with Crippen LogP contribution in [0.5, 0.6) is 0 Å². The average molecular weight is 257 g/mol. The number of carboxylic acid groups (broad SMARTS) is 1. The Morgan fingerprint density at radius 3 is 2.00 bits per heavy atom. The molecule has 0 spiro atoms. The summed E-state index contributed by atoms with van der Waals surface area (Å²) in [6, 6.07) is 0. The Labute approximate surface area is 80.0 Å². The third-order valence-electron chi connectivity index (χ3n) is 1.22. The minimum atomic E-state index is -2.59. The zero-order valence-corrected chi connectivity index (χ0v) is 7.76. The number of alkyl halides is 1. The number of hydrogen-bond donors (Lipinski definition) is 1. The summed E-state index contributed by atoms with van der Waals surface area (Å²) in [5.74, 6) is -1.33. The first-order valence-corrected chi connectivity index (χ1v) is 3.79. The van der Waals surface area contributed by atoms with Gasteiger partial charge in [-0.25, -0.2) is 0 Å². The third kappa shape index (κ3) is 2.93. The molecule has 0 aliphatic carbocycles. The minimum Gasteiger partial charge on any atom is -0.481 e. The number of aliphatic carboxylic acids is 1. The van der Waals surface area contributed by atoms with Crippen molar-refractivity contribution in [3.05, 3.63) is 20.2 Å². The fourth-order valence-corrected chi connectivity index (χ4v) is 0.713. The van der Waals surface area contributed by atoms with E-state index in [1.807, 2.05) is 0 Å². The molecule has 9 heteroatoms. The van der Waals surface area contributed by atoms with Crippen molar-refractivity contribution >= 4 is 21.9 Å². The van der Waals surface area contributed by atoms with Crippen LogP contribution in [0, 0.1) is 20.2 Å². The molecule has 0 atom stereocenters. The lowest BCUT2D eigenvalue weighted by Crippen LogP contribution is -2.40. The highest BCUT2D eigenvalue weighted by atomic mass is 79.9. The Morgan fingerprint density at radius 1 is 1.38 bits per heavy atom. The molecule has 0 aromatic rings. The summed E-state index contributed by atoms with van der Waals surface area (Å²) in [7, 11) is 0. The van der Waals surface area contributed by atoms with Crippen LogP contribution in [0.2, 0.25) is 0 Å². The molecule has 0 fully saturated rings. The summed E-state index contributed by atoms with van der Waals surface area (Å²) in [6.45, 7) is 0. The molecule has 0 aliphatic heterocycles. The molecule has 1 N–H and O–H groups in total. The second kappa shape index (κ2) is 4.12. The number of nitro groups is 2. The van der Waals surface area contributed by atoms with Crippen LogP contribution in [0.25, 0.3) is 0 Å². The number of carbonyl (C=O) groups is 1. The first-order valence-electron chi connectivity index (χ1n) is 3.00. The number of carboxylic acids is 1. The number of nitrogens with zero attached hydrogens (tertiary/aromatic N) is 2. The van der Waals surface area contributed by atoms with Crippen LogP contribution >= 0.6 is 15.9 Å². The number of halogens is 1. The van der Waals surface area contributed by atoms with Crippen LogP contribution in [0.15, 0.2) is 0 Å². The lowest BCUT2D eigenvalue weighted by Gasteiger charge is -2.08. The second-order valence-corrected chi connectivity index (χ2v) is 3.40. The Kier molecular flexibility index (Phi) is 3.72. The van der Waals surface area contributed by atoms with Gasteiger partial charge in [-0.05, 0) is 0 Å². The van der Waals surface area contributed by atoms with Gasteiger partial charge in [0.05, 0.1) is 22.4 Å². The van der Waals surface area contributed by atoms with E-state index >= 15 is 0 Å². The van der Waals surface area contributed by atoms with Gasteiger partial charge < -0.3 is 5.11 Å². The van der Waals surface area contributed by atoms with Gasteiger partial charge in [-0.15, -0.1) is 0 Å². The van der Waals surface area contributed by atoms with Crippen LogP contribution in [-0.2, 0) is 4.79 Å². The van der Waals surface area contributed by atoms with Gasteiger partial charge in [-0.1, -0.05) is 0 Å². The molecule has 13 heavy (non-hydrogen) atoms. The number of hydrogen-bond acceptors (Lipinski definition) is 5. The summed E-state index contributed by atoms with van der Waals surface area (Å²) in [6.07, 6.45) is -1.35. The molecule has 0 saturated heterocycles. The maximum atomic E-state index is 10.2. The third-order valence-corrected chi connectivity index (χ3v) is 2.19. The van der Waals surface area contributed by atoms with E-state index in [2.05, 4.69) is 15.9 Å². The highest BCUT2D eigenvalue weighted by Gasteiger charge is 2.53. The lowest BCUT2D eigenvalue weighted by molar-refractivity contribution is -0.759. The SMILES string of the molecule is O=C(O)CCC(Br)([N+](=O)[O-])[N+](=O)[O-]. The van der Waals surface area contributed by atoms with E-state index in [1.54, 1.807) is 0 Å². The van der Waals surface area contributed by atoms with Crippen molar-refractivity contribution in [3.8, 4) is 0 Å². The molecule has 0 amide bonds. The zero-order valence-electron chi connectivity index (χ0n) is 6.18. The molecule has 0 bridgehead atoms. The van der Waals surface area contributed by atoms with Gasteiger partial charge in [-0.2, -0.15) is 0 Å². The van der Waals surface area contributed by atoms with Crippen LogP contribution in [0.3, 0.4) is 0 Å². The summed E-state index contributed by atoms with van der Waals surface area (Å²) in [5.41, 5.74) is 0. The van der Waals surface area contributed by atoms with Gasteiger partial charge in [0, 0.05) is 0 Å². The van der Waals surface area contributed by atoms with Gasteiger partial charge in [0.15, 0.2) is 0 Å². The summed E-state index contributed by atoms with van der Waals surface area (Å²) in [4.78, 5) is 28.1. The van der Waals surface area contributed by atoms with Crippen molar-refractivity contribution in [2.24, 2.45) is 0 Å². The van der Waals surface area contributed by atoms with Gasteiger partial charge in [-0.3, -0.25) is 25.0 Å². The summed E-state index contributed by atoms with van der Waals surface area (Å²) >= 11 is 2.28. The Hall–Kier alpha value is -1.25. The number of rotatable bonds is 5. The Morgan fingerprint density at radius 2 is 1.77 bits per heavy atom. The van der Waals surface area contributed by atoms with Crippen LogP contribution in [-0.4, -0.2) is 25.5 Å². The topological polar surface area (TPSA) is 124 Å². The van der Waals surface area contributed by atoms with E-state index in [1.165, 1.54) is 0 Å². The molecule has 0 aromatic heterocycles. The zero-order chi connectivity index (χ0) is 10.6. The van der Waals surface area contributed by atoms with Crippen LogP contribution in [0.1, 0.15) is 12.8 Å². The molecule has 0 aromatic carbocycles. The smallest absolute Gasteiger partial charge is 0.481 e. The largest absolute Gasteiger partial charge is 0.511 e. The first kappa shape index (κ1) is 11.8. The van der Waals surface area contributed by atoms with E-state index in [0.29, 0.717) is 0 Å². The highest BCUT2D eigenvalue weighted by molar-refractivity contribution is 9.09. The molecule has 0 unspecified atom stereocenters. The Bertz CT molecular complexity index is 239. The van der Waals surface area contributed by atoms with Gasteiger partial charge >= 0.3 is 10.5 Å². The molecule has 0 rings (SSSR count). The normalized spacial score (nSPS) is 10.8. The van der Waals surface area contributed by atoms with Crippen molar-refractivity contribution in [1.82, 2.24) is 0 Å². The molecule has 0 radical (unpaired) electrons. The van der Waals surface area contributed by atoms with Gasteiger partial charge in [0.1, 0.15) is 16.3 Å². The van der Waals surface area contributed by atoms with E-state index < -0.39 is 33.2 Å². The monoisotopic (exact) mass is 256 g/mol. The molecule has 0 saturated carbocycles. The fourth-order valence-electron chi connectivity index (χ4n) is 0.515. The fraction of sp³-hybridized carbons (Fsp3) is 0.750. The standard InChI is InChI=1S/C4H5BrN2O6/c5-4(6(10)11,7(12)13)2-1-3(8)9/h1-2H2,(H,8,9). The highest BCUT2D eigenvalue weighted by Crippen LogP contribution is 2.25. The molecule has 8 nitrogen and oxygen atoms in total. The predicted molar refractivity (Wildman–Crippen MR) is 42.5 cm³/mol. The van der Waals surface area contributed by atoms with Crippen LogP contribution < -0.4 is 0 Å². The van der Waals surface area contributed by atoms with Gasteiger partial charge in [0.25, 0.3) is 0 Å². The minimum absolute atomic E-state index is 0.646. The van der Waals surface area contributed by atoms with Crippen molar-refractivity contribution in [1.29, 1.82) is 0 Å². The van der Waals surface area contributed by atoms with Crippen molar-refractivity contribution < 1.29 is 19.7 Å². The molecule has 0 aliphatic rings. The van der Waals surface area contributed by atoms with Crippen molar-refractivity contribution in [2.45, 2.75) is 17.4 Å². The summed E-state index contributed by atoms with van der Waals surface area (Å²) in [5, 5.41) is 28.6. The van der Waals surface area contributed by atoms with Crippen molar-refractivity contribution in [2.75, 3.05) is 0 Å². The van der Waals surface area contributed by atoms with E-state index in [-0.39, 0.29) is 0 Å². The quantitative estimate of drug-likeness (QED) is 0.250. The van der Waals surface area contributed by atoms with Crippen molar-refractivity contribution in [3.63, 3.8) is 0 Å². The second-order valence-electron chi connectivity index (χ2n) is 2.13. The van der Waals surface area contributed by atoms with E-state index in [4.69, 9.17) is 5.11 Å². The lowest BCUT2D eigenvalue weighted by atomic mass is 10.2. The van der Waals surface area contributed by atoms with E-state index in [0.717, 1.165) is 0 Å². The molecular formula is C4H5BrN2O6. The predicted octanol–water partition coefficient (Wildman–Crippen LogP) is 0.453.